The van der Waals surface area contributed by atoms with E-state index in [9.17, 15) is 4.79 Å². The van der Waals surface area contributed by atoms with Gasteiger partial charge in [-0.25, -0.2) is 0 Å². The molecule has 1 aromatic carbocycles. The highest BCUT2D eigenvalue weighted by atomic mass is 16.1. The summed E-state index contributed by atoms with van der Waals surface area (Å²) in [6.07, 6.45) is 5.38. The average molecular weight is 273 g/mol. The van der Waals surface area contributed by atoms with Crippen LogP contribution in [0.25, 0.3) is 0 Å². The van der Waals surface area contributed by atoms with Gasteiger partial charge >= 0.3 is 0 Å². The summed E-state index contributed by atoms with van der Waals surface area (Å²) in [5.74, 6) is 7.86. The smallest absolute Gasteiger partial charge is 0.253 e. The molecule has 2 saturated carbocycles. The average Bonchev–Trinajstić information content (AvgIpc) is 3.31. The van der Waals surface area contributed by atoms with Crippen LogP contribution in [0.3, 0.4) is 0 Å². The van der Waals surface area contributed by atoms with E-state index < -0.39 is 0 Å². The van der Waals surface area contributed by atoms with Crippen molar-refractivity contribution in [1.29, 1.82) is 0 Å². The van der Waals surface area contributed by atoms with Gasteiger partial charge in [0.2, 0.25) is 0 Å². The number of hydrazine groups is 1. The van der Waals surface area contributed by atoms with E-state index in [1.165, 1.54) is 25.7 Å². The molecule has 0 saturated heterocycles. The summed E-state index contributed by atoms with van der Waals surface area (Å²) < 4.78 is 0. The van der Waals surface area contributed by atoms with Crippen LogP contribution in [0.15, 0.2) is 18.2 Å². The standard InChI is InChI=1S/C16H23N3O/c1-10-2-7-15(19-17)13(8-10)16(20)18-9-14(11-3-4-11)12-5-6-12/h2,7-8,11-12,14,19H,3-6,9,17H2,1H3,(H,18,20). The van der Waals surface area contributed by atoms with Crippen molar-refractivity contribution in [3.05, 3.63) is 29.3 Å². The van der Waals surface area contributed by atoms with Crippen LogP contribution in [0.1, 0.15) is 41.6 Å². The van der Waals surface area contributed by atoms with Gasteiger partial charge in [-0.3, -0.25) is 10.6 Å². The molecule has 3 rings (SSSR count). The van der Waals surface area contributed by atoms with Crippen molar-refractivity contribution in [2.24, 2.45) is 23.6 Å². The molecule has 4 nitrogen and oxygen atoms in total. The molecule has 0 spiro atoms. The van der Waals surface area contributed by atoms with Crippen LogP contribution in [0, 0.1) is 24.7 Å². The predicted molar refractivity (Wildman–Crippen MR) is 80.3 cm³/mol. The summed E-state index contributed by atoms with van der Waals surface area (Å²) in [7, 11) is 0. The fraction of sp³-hybridized carbons (Fsp3) is 0.562. The second-order valence-corrected chi connectivity index (χ2v) is 6.24. The summed E-state index contributed by atoms with van der Waals surface area (Å²) >= 11 is 0. The minimum Gasteiger partial charge on any atom is -0.352 e. The number of benzene rings is 1. The van der Waals surface area contributed by atoms with E-state index in [1.807, 2.05) is 25.1 Å². The second-order valence-electron chi connectivity index (χ2n) is 6.24. The van der Waals surface area contributed by atoms with Gasteiger partial charge in [-0.2, -0.15) is 0 Å². The van der Waals surface area contributed by atoms with Crippen LogP contribution in [0.4, 0.5) is 5.69 Å². The van der Waals surface area contributed by atoms with E-state index in [1.54, 1.807) is 0 Å². The van der Waals surface area contributed by atoms with Gasteiger partial charge in [-0.1, -0.05) is 11.6 Å². The number of anilines is 1. The topological polar surface area (TPSA) is 67.1 Å². The molecular weight excluding hydrogens is 250 g/mol. The van der Waals surface area contributed by atoms with Crippen molar-refractivity contribution in [3.63, 3.8) is 0 Å². The summed E-state index contributed by atoms with van der Waals surface area (Å²) in [6, 6.07) is 5.68. The number of hydrogen-bond acceptors (Lipinski definition) is 3. The molecule has 1 amide bonds. The van der Waals surface area contributed by atoms with Gasteiger partial charge in [0.25, 0.3) is 5.91 Å². The quantitative estimate of drug-likeness (QED) is 0.551. The number of aryl methyl sites for hydroxylation is 1. The van der Waals surface area contributed by atoms with Crippen molar-refractivity contribution >= 4 is 11.6 Å². The van der Waals surface area contributed by atoms with Crippen LogP contribution in [0.5, 0.6) is 0 Å². The molecule has 1 aromatic rings. The lowest BCUT2D eigenvalue weighted by atomic mass is 9.97. The number of carbonyl (C=O) groups excluding carboxylic acids is 1. The van der Waals surface area contributed by atoms with Crippen molar-refractivity contribution < 1.29 is 4.79 Å². The number of nitrogens with one attached hydrogen (secondary N) is 2. The van der Waals surface area contributed by atoms with E-state index in [0.717, 1.165) is 23.9 Å². The maximum atomic E-state index is 12.4. The summed E-state index contributed by atoms with van der Waals surface area (Å²) in [5, 5.41) is 3.11. The number of nitrogens with two attached hydrogens (primary N) is 1. The van der Waals surface area contributed by atoms with Gasteiger partial charge in [-0.05, 0) is 62.5 Å². The molecule has 2 aliphatic rings. The molecule has 20 heavy (non-hydrogen) atoms. The monoisotopic (exact) mass is 273 g/mol. The first-order chi connectivity index (χ1) is 9.69. The molecule has 0 atom stereocenters. The Hall–Kier alpha value is -1.55. The third-order valence-electron chi connectivity index (χ3n) is 4.53. The van der Waals surface area contributed by atoms with Gasteiger partial charge in [0, 0.05) is 6.54 Å². The molecule has 0 heterocycles. The lowest BCUT2D eigenvalue weighted by molar-refractivity contribution is 0.0944. The summed E-state index contributed by atoms with van der Waals surface area (Å²) in [5.41, 5.74) is 4.99. The lowest BCUT2D eigenvalue weighted by Crippen LogP contribution is -2.32. The Morgan fingerprint density at radius 3 is 2.50 bits per heavy atom. The minimum absolute atomic E-state index is 0.0204. The lowest BCUT2D eigenvalue weighted by Gasteiger charge is -2.17. The van der Waals surface area contributed by atoms with Crippen molar-refractivity contribution in [1.82, 2.24) is 5.32 Å². The van der Waals surface area contributed by atoms with Crippen LogP contribution in [0.2, 0.25) is 0 Å². The molecule has 0 bridgehead atoms. The zero-order chi connectivity index (χ0) is 14.1. The Balaban J connectivity index is 1.64. The molecular formula is C16H23N3O. The summed E-state index contributed by atoms with van der Waals surface area (Å²) in [4.78, 5) is 12.4. The van der Waals surface area contributed by atoms with Gasteiger partial charge in [0.1, 0.15) is 0 Å². The third kappa shape index (κ3) is 2.96. The van der Waals surface area contributed by atoms with Crippen LogP contribution >= 0.6 is 0 Å². The first-order valence-corrected chi connectivity index (χ1v) is 7.54. The summed E-state index contributed by atoms with van der Waals surface area (Å²) in [6.45, 7) is 2.79. The molecule has 4 N–H and O–H groups in total. The first kappa shape index (κ1) is 13.4. The zero-order valence-corrected chi connectivity index (χ0v) is 12.0. The molecule has 2 aliphatic carbocycles. The van der Waals surface area contributed by atoms with E-state index in [4.69, 9.17) is 5.84 Å². The molecule has 2 fully saturated rings. The number of hydrogen-bond donors (Lipinski definition) is 3. The van der Waals surface area contributed by atoms with Crippen molar-refractivity contribution in [3.8, 4) is 0 Å². The first-order valence-electron chi connectivity index (χ1n) is 7.54. The van der Waals surface area contributed by atoms with Crippen LogP contribution in [-0.4, -0.2) is 12.5 Å². The van der Waals surface area contributed by atoms with Gasteiger partial charge < -0.3 is 10.7 Å². The fourth-order valence-corrected chi connectivity index (χ4v) is 3.04. The third-order valence-corrected chi connectivity index (χ3v) is 4.53. The number of amides is 1. The highest BCUT2D eigenvalue weighted by Gasteiger charge is 2.41. The van der Waals surface area contributed by atoms with Gasteiger partial charge in [0.15, 0.2) is 0 Å². The Kier molecular flexibility index (Phi) is 3.66. The van der Waals surface area contributed by atoms with E-state index >= 15 is 0 Å². The van der Waals surface area contributed by atoms with Gasteiger partial charge in [-0.15, -0.1) is 0 Å². The zero-order valence-electron chi connectivity index (χ0n) is 12.0. The largest absolute Gasteiger partial charge is 0.352 e. The molecule has 0 unspecified atom stereocenters. The maximum absolute atomic E-state index is 12.4. The molecule has 4 heteroatoms. The van der Waals surface area contributed by atoms with Gasteiger partial charge in [0.05, 0.1) is 11.3 Å². The Morgan fingerprint density at radius 1 is 1.30 bits per heavy atom. The number of nitrogen functional groups attached to an aromatic ring is 1. The van der Waals surface area contributed by atoms with Crippen LogP contribution in [-0.2, 0) is 0 Å². The Labute approximate surface area is 120 Å². The molecule has 0 radical (unpaired) electrons. The SMILES string of the molecule is Cc1ccc(NN)c(C(=O)NCC(C2CC2)C2CC2)c1. The number of rotatable bonds is 6. The van der Waals surface area contributed by atoms with E-state index in [0.29, 0.717) is 17.2 Å². The minimum atomic E-state index is -0.0204. The van der Waals surface area contributed by atoms with E-state index in [2.05, 4.69) is 10.7 Å². The predicted octanol–water partition coefficient (Wildman–Crippen LogP) is 2.45. The van der Waals surface area contributed by atoms with Crippen molar-refractivity contribution in [2.75, 3.05) is 12.0 Å². The second kappa shape index (κ2) is 5.44. The molecule has 0 aliphatic heterocycles. The molecule has 0 aromatic heterocycles. The van der Waals surface area contributed by atoms with Crippen molar-refractivity contribution in [2.45, 2.75) is 32.6 Å². The Bertz CT molecular complexity index is 494. The number of carbonyl (C=O) groups is 1. The molecule has 108 valence electrons. The van der Waals surface area contributed by atoms with E-state index in [-0.39, 0.29) is 5.91 Å². The highest BCUT2D eigenvalue weighted by Crippen LogP contribution is 2.48. The maximum Gasteiger partial charge on any atom is 0.253 e. The fourth-order valence-electron chi connectivity index (χ4n) is 3.04. The Morgan fingerprint density at radius 2 is 1.95 bits per heavy atom. The highest BCUT2D eigenvalue weighted by molar-refractivity contribution is 5.99. The normalized spacial score (nSPS) is 18.1. The van der Waals surface area contributed by atoms with Crippen LogP contribution < -0.4 is 16.6 Å².